The molecule has 0 aliphatic carbocycles. The second kappa shape index (κ2) is 5.31. The number of carbonyl (C=O) groups excluding carboxylic acids is 1. The van der Waals surface area contributed by atoms with Crippen LogP contribution >= 0.6 is 0 Å². The fourth-order valence-corrected chi connectivity index (χ4v) is 1.39. The van der Waals surface area contributed by atoms with Crippen LogP contribution < -0.4 is 5.32 Å². The third-order valence-electron chi connectivity index (χ3n) is 2.35. The predicted octanol–water partition coefficient (Wildman–Crippen LogP) is 1.38. The van der Waals surface area contributed by atoms with Gasteiger partial charge in [-0.2, -0.15) is 0 Å². The Kier molecular flexibility index (Phi) is 3.57. The first-order valence-corrected chi connectivity index (χ1v) is 5.48. The SMILES string of the molecule is CN(C)C(=O)c1ccc(NCc2ccno2)nc1. The zero-order valence-electron chi connectivity index (χ0n) is 10.3. The maximum absolute atomic E-state index is 11.6. The highest BCUT2D eigenvalue weighted by Crippen LogP contribution is 2.08. The number of anilines is 1. The molecule has 6 nitrogen and oxygen atoms in total. The molecular weight excluding hydrogens is 232 g/mol. The summed E-state index contributed by atoms with van der Waals surface area (Å²) in [5.74, 6) is 1.34. The van der Waals surface area contributed by atoms with Gasteiger partial charge in [-0.1, -0.05) is 5.16 Å². The van der Waals surface area contributed by atoms with E-state index in [9.17, 15) is 4.79 Å². The van der Waals surface area contributed by atoms with Gasteiger partial charge in [0.15, 0.2) is 5.76 Å². The second-order valence-electron chi connectivity index (χ2n) is 3.96. The van der Waals surface area contributed by atoms with Crippen molar-refractivity contribution < 1.29 is 9.32 Å². The lowest BCUT2D eigenvalue weighted by atomic mass is 10.2. The van der Waals surface area contributed by atoms with Gasteiger partial charge in [0.1, 0.15) is 5.82 Å². The Morgan fingerprint density at radius 3 is 2.78 bits per heavy atom. The second-order valence-corrected chi connectivity index (χ2v) is 3.96. The van der Waals surface area contributed by atoms with Gasteiger partial charge in [0, 0.05) is 26.4 Å². The molecule has 0 atom stereocenters. The largest absolute Gasteiger partial charge is 0.363 e. The minimum absolute atomic E-state index is 0.0655. The van der Waals surface area contributed by atoms with E-state index in [4.69, 9.17) is 4.52 Å². The van der Waals surface area contributed by atoms with E-state index in [2.05, 4.69) is 15.5 Å². The van der Waals surface area contributed by atoms with Crippen molar-refractivity contribution in [1.29, 1.82) is 0 Å². The number of hydrogen-bond acceptors (Lipinski definition) is 5. The van der Waals surface area contributed by atoms with E-state index in [1.54, 1.807) is 44.7 Å². The summed E-state index contributed by atoms with van der Waals surface area (Å²) < 4.78 is 4.95. The molecule has 0 radical (unpaired) electrons. The molecule has 1 amide bonds. The summed E-state index contributed by atoms with van der Waals surface area (Å²) in [6.45, 7) is 0.508. The normalized spacial score (nSPS) is 10.1. The van der Waals surface area contributed by atoms with E-state index in [-0.39, 0.29) is 5.91 Å². The molecule has 0 unspecified atom stereocenters. The maximum Gasteiger partial charge on any atom is 0.254 e. The van der Waals surface area contributed by atoms with Crippen LogP contribution in [-0.4, -0.2) is 35.0 Å². The standard InChI is InChI=1S/C12H14N4O2/c1-16(2)12(17)9-3-4-11(13-7-9)14-8-10-5-6-15-18-10/h3-7H,8H2,1-2H3,(H,13,14). The molecule has 0 spiro atoms. The summed E-state index contributed by atoms with van der Waals surface area (Å²) in [6.07, 6.45) is 3.13. The third-order valence-corrected chi connectivity index (χ3v) is 2.35. The minimum Gasteiger partial charge on any atom is -0.363 e. The number of aromatic nitrogens is 2. The molecule has 0 saturated carbocycles. The van der Waals surface area contributed by atoms with Crippen LogP contribution in [0.2, 0.25) is 0 Å². The van der Waals surface area contributed by atoms with Gasteiger partial charge in [-0.3, -0.25) is 4.79 Å². The average molecular weight is 246 g/mol. The van der Waals surface area contributed by atoms with E-state index >= 15 is 0 Å². The molecule has 2 heterocycles. The van der Waals surface area contributed by atoms with Gasteiger partial charge in [0.05, 0.1) is 18.3 Å². The summed E-state index contributed by atoms with van der Waals surface area (Å²) in [5, 5.41) is 6.68. The van der Waals surface area contributed by atoms with Gasteiger partial charge in [0.25, 0.3) is 5.91 Å². The molecule has 2 rings (SSSR count). The summed E-state index contributed by atoms with van der Waals surface area (Å²) in [4.78, 5) is 17.3. The van der Waals surface area contributed by atoms with Crippen molar-refractivity contribution in [2.75, 3.05) is 19.4 Å². The first-order valence-electron chi connectivity index (χ1n) is 5.48. The van der Waals surface area contributed by atoms with Crippen molar-refractivity contribution in [3.8, 4) is 0 Å². The Labute approximate surface area is 105 Å². The van der Waals surface area contributed by atoms with Gasteiger partial charge in [-0.15, -0.1) is 0 Å². The number of nitrogens with zero attached hydrogens (tertiary/aromatic N) is 3. The van der Waals surface area contributed by atoms with Gasteiger partial charge in [-0.05, 0) is 12.1 Å². The molecule has 6 heteroatoms. The minimum atomic E-state index is -0.0655. The molecule has 0 aliphatic rings. The Morgan fingerprint density at radius 1 is 1.39 bits per heavy atom. The molecule has 0 bridgehead atoms. The van der Waals surface area contributed by atoms with Crippen LogP contribution in [0.25, 0.3) is 0 Å². The fourth-order valence-electron chi connectivity index (χ4n) is 1.39. The molecular formula is C12H14N4O2. The maximum atomic E-state index is 11.6. The van der Waals surface area contributed by atoms with Gasteiger partial charge in [-0.25, -0.2) is 4.98 Å². The number of carbonyl (C=O) groups is 1. The van der Waals surface area contributed by atoms with Crippen LogP contribution in [0.15, 0.2) is 35.1 Å². The zero-order valence-corrected chi connectivity index (χ0v) is 10.3. The predicted molar refractivity (Wildman–Crippen MR) is 66.1 cm³/mol. The van der Waals surface area contributed by atoms with Crippen molar-refractivity contribution >= 4 is 11.7 Å². The summed E-state index contributed by atoms with van der Waals surface area (Å²) in [6, 6.07) is 5.27. The highest BCUT2D eigenvalue weighted by atomic mass is 16.5. The van der Waals surface area contributed by atoms with Crippen molar-refractivity contribution in [3.63, 3.8) is 0 Å². The van der Waals surface area contributed by atoms with Crippen molar-refractivity contribution in [2.45, 2.75) is 6.54 Å². The Bertz CT molecular complexity index is 505. The van der Waals surface area contributed by atoms with Crippen LogP contribution in [0.3, 0.4) is 0 Å². The molecule has 2 aromatic rings. The van der Waals surface area contributed by atoms with Gasteiger partial charge in [0.2, 0.25) is 0 Å². The molecule has 2 aromatic heterocycles. The average Bonchev–Trinajstić information content (AvgIpc) is 2.89. The van der Waals surface area contributed by atoms with Crippen LogP contribution in [-0.2, 0) is 6.54 Å². The topological polar surface area (TPSA) is 71.3 Å². The van der Waals surface area contributed by atoms with Gasteiger partial charge >= 0.3 is 0 Å². The van der Waals surface area contributed by atoms with E-state index in [1.165, 1.54) is 4.90 Å². The number of amides is 1. The Morgan fingerprint density at radius 2 is 2.22 bits per heavy atom. The number of hydrogen-bond donors (Lipinski definition) is 1. The lowest BCUT2D eigenvalue weighted by Crippen LogP contribution is -2.21. The summed E-state index contributed by atoms with van der Waals surface area (Å²) >= 11 is 0. The summed E-state index contributed by atoms with van der Waals surface area (Å²) in [5.41, 5.74) is 0.560. The highest BCUT2D eigenvalue weighted by Gasteiger charge is 2.07. The van der Waals surface area contributed by atoms with Gasteiger partial charge < -0.3 is 14.7 Å². The van der Waals surface area contributed by atoms with Crippen molar-refractivity contribution in [2.24, 2.45) is 0 Å². The summed E-state index contributed by atoms with van der Waals surface area (Å²) in [7, 11) is 3.41. The van der Waals surface area contributed by atoms with Crippen molar-refractivity contribution in [1.82, 2.24) is 15.0 Å². The Balaban J connectivity index is 1.97. The lowest BCUT2D eigenvalue weighted by Gasteiger charge is -2.10. The molecule has 1 N–H and O–H groups in total. The smallest absolute Gasteiger partial charge is 0.254 e. The zero-order chi connectivity index (χ0) is 13.0. The highest BCUT2D eigenvalue weighted by molar-refractivity contribution is 5.93. The van der Waals surface area contributed by atoms with Crippen LogP contribution in [0, 0.1) is 0 Å². The number of nitrogens with one attached hydrogen (secondary N) is 1. The van der Waals surface area contributed by atoms with E-state index in [0.29, 0.717) is 17.9 Å². The molecule has 18 heavy (non-hydrogen) atoms. The quantitative estimate of drug-likeness (QED) is 0.882. The monoisotopic (exact) mass is 246 g/mol. The van der Waals surface area contributed by atoms with Crippen LogP contribution in [0.5, 0.6) is 0 Å². The third kappa shape index (κ3) is 2.85. The first kappa shape index (κ1) is 12.1. The van der Waals surface area contributed by atoms with Crippen LogP contribution in [0.1, 0.15) is 16.1 Å². The van der Waals surface area contributed by atoms with Crippen molar-refractivity contribution in [3.05, 3.63) is 41.9 Å². The molecule has 0 saturated heterocycles. The van der Waals surface area contributed by atoms with E-state index < -0.39 is 0 Å². The number of pyridine rings is 1. The Hall–Kier alpha value is -2.37. The fraction of sp³-hybridized carbons (Fsp3) is 0.250. The number of rotatable bonds is 4. The van der Waals surface area contributed by atoms with Crippen LogP contribution in [0.4, 0.5) is 5.82 Å². The molecule has 0 aliphatic heterocycles. The molecule has 0 fully saturated rings. The van der Waals surface area contributed by atoms with E-state index in [1.807, 2.05) is 0 Å². The molecule has 94 valence electrons. The first-order chi connectivity index (χ1) is 8.66. The lowest BCUT2D eigenvalue weighted by molar-refractivity contribution is 0.0827. The molecule has 0 aromatic carbocycles. The van der Waals surface area contributed by atoms with E-state index in [0.717, 1.165) is 5.76 Å².